The van der Waals surface area contributed by atoms with E-state index in [0.29, 0.717) is 0 Å². The van der Waals surface area contributed by atoms with Crippen molar-refractivity contribution in [2.24, 2.45) is 0 Å². The zero-order chi connectivity index (χ0) is 16.5. The van der Waals surface area contributed by atoms with Gasteiger partial charge in [-0.15, -0.1) is 11.8 Å². The molecule has 0 saturated heterocycles. The molecule has 1 aliphatic heterocycles. The fraction of sp³-hybridized carbons (Fsp3) is 0.333. The molecule has 1 unspecified atom stereocenters. The van der Waals surface area contributed by atoms with Gasteiger partial charge in [0.15, 0.2) is 0 Å². The molecule has 1 N–H and O–H groups in total. The Morgan fingerprint density at radius 2 is 2.00 bits per heavy atom. The highest BCUT2D eigenvalue weighted by Crippen LogP contribution is 2.39. The predicted octanol–water partition coefficient (Wildman–Crippen LogP) is 5.97. The minimum atomic E-state index is 0.220. The van der Waals surface area contributed by atoms with Crippen LogP contribution in [0.3, 0.4) is 0 Å². The van der Waals surface area contributed by atoms with Gasteiger partial charge in [-0.2, -0.15) is 0 Å². The van der Waals surface area contributed by atoms with E-state index < -0.39 is 0 Å². The average molecular weight is 337 g/mol. The summed E-state index contributed by atoms with van der Waals surface area (Å²) in [5.74, 6) is 0. The molecule has 3 aromatic rings. The molecule has 2 heterocycles. The number of benzene rings is 2. The second kappa shape index (κ2) is 6.66. The molecule has 124 valence electrons. The first-order valence-corrected chi connectivity index (χ1v) is 9.93. The van der Waals surface area contributed by atoms with Gasteiger partial charge in [-0.1, -0.05) is 37.6 Å². The Balaban J connectivity index is 1.87. The van der Waals surface area contributed by atoms with Crippen molar-refractivity contribution in [3.05, 3.63) is 53.7 Å². The number of aromatic nitrogens is 1. The van der Waals surface area contributed by atoms with Crippen LogP contribution < -0.4 is 0 Å². The van der Waals surface area contributed by atoms with Crippen molar-refractivity contribution >= 4 is 22.7 Å². The summed E-state index contributed by atoms with van der Waals surface area (Å²) in [6.45, 7) is 3.05. The summed E-state index contributed by atoms with van der Waals surface area (Å²) >= 11 is 1.78. The Kier molecular flexibility index (Phi) is 4.38. The van der Waals surface area contributed by atoms with Crippen LogP contribution in [0.1, 0.15) is 37.1 Å². The van der Waals surface area contributed by atoms with Crippen LogP contribution in [0.15, 0.2) is 47.4 Å². The molecule has 3 heteroatoms. The molecule has 0 bridgehead atoms. The highest BCUT2D eigenvalue weighted by atomic mass is 32.2. The smallest absolute Gasteiger partial charge is 0.0975 e. The molecule has 0 spiro atoms. The third-order valence-corrected chi connectivity index (χ3v) is 5.65. The Morgan fingerprint density at radius 1 is 1.17 bits per heavy atom. The Hall–Kier alpha value is -1.71. The molecule has 2 aromatic carbocycles. The van der Waals surface area contributed by atoms with E-state index in [0.717, 1.165) is 25.9 Å². The van der Waals surface area contributed by atoms with Crippen LogP contribution in [0.25, 0.3) is 22.0 Å². The van der Waals surface area contributed by atoms with Crippen molar-refractivity contribution in [2.75, 3.05) is 12.9 Å². The highest BCUT2D eigenvalue weighted by molar-refractivity contribution is 7.98. The Morgan fingerprint density at radius 3 is 2.75 bits per heavy atom. The van der Waals surface area contributed by atoms with E-state index in [1.165, 1.54) is 38.2 Å². The minimum Gasteiger partial charge on any atom is -0.372 e. The molecule has 2 nitrogen and oxygen atoms in total. The maximum absolute atomic E-state index is 6.02. The first kappa shape index (κ1) is 15.8. The Bertz CT molecular complexity index is 850. The maximum atomic E-state index is 6.02. The molecule has 1 atom stereocenters. The van der Waals surface area contributed by atoms with Crippen LogP contribution in [0.5, 0.6) is 0 Å². The number of aromatic amines is 1. The van der Waals surface area contributed by atoms with Crippen molar-refractivity contribution in [3.8, 4) is 11.1 Å². The molecule has 24 heavy (non-hydrogen) atoms. The van der Waals surface area contributed by atoms with Gasteiger partial charge in [0.2, 0.25) is 0 Å². The van der Waals surface area contributed by atoms with Crippen LogP contribution in [0.2, 0.25) is 0 Å². The van der Waals surface area contributed by atoms with Gasteiger partial charge >= 0.3 is 0 Å². The third-order valence-electron chi connectivity index (χ3n) is 4.91. The van der Waals surface area contributed by atoms with E-state index in [2.05, 4.69) is 60.6 Å². The van der Waals surface area contributed by atoms with Crippen molar-refractivity contribution in [1.82, 2.24) is 4.98 Å². The van der Waals surface area contributed by atoms with E-state index >= 15 is 0 Å². The number of ether oxygens (including phenoxy) is 1. The standard InChI is InChI=1S/C21H23NOS/c1-3-5-19-21-17(12-13-23-19)20-16(6-4-7-18(20)22-21)14-8-10-15(24-2)11-9-14/h4,6-11,19,22H,3,5,12-13H2,1-2H3. The molecular formula is C21H23NOS. The van der Waals surface area contributed by atoms with Gasteiger partial charge in [-0.3, -0.25) is 0 Å². The van der Waals surface area contributed by atoms with E-state index in [-0.39, 0.29) is 6.10 Å². The monoisotopic (exact) mass is 337 g/mol. The molecule has 0 radical (unpaired) electrons. The topological polar surface area (TPSA) is 25.0 Å². The van der Waals surface area contributed by atoms with Gasteiger partial charge in [-0.25, -0.2) is 0 Å². The van der Waals surface area contributed by atoms with Gasteiger partial charge in [-0.05, 0) is 54.0 Å². The van der Waals surface area contributed by atoms with Gasteiger partial charge in [0.05, 0.1) is 12.7 Å². The summed E-state index contributed by atoms with van der Waals surface area (Å²) in [5, 5.41) is 1.38. The number of hydrogen-bond acceptors (Lipinski definition) is 2. The number of rotatable bonds is 4. The van der Waals surface area contributed by atoms with Crippen molar-refractivity contribution in [1.29, 1.82) is 0 Å². The first-order chi connectivity index (χ1) is 11.8. The van der Waals surface area contributed by atoms with Crippen LogP contribution in [-0.4, -0.2) is 17.8 Å². The second-order valence-electron chi connectivity index (χ2n) is 6.37. The lowest BCUT2D eigenvalue weighted by molar-refractivity contribution is 0.0339. The predicted molar refractivity (Wildman–Crippen MR) is 103 cm³/mol. The lowest BCUT2D eigenvalue weighted by atomic mass is 9.94. The number of hydrogen-bond donors (Lipinski definition) is 1. The van der Waals surface area contributed by atoms with Crippen molar-refractivity contribution in [2.45, 2.75) is 37.2 Å². The number of H-pyrrole nitrogens is 1. The fourth-order valence-electron chi connectivity index (χ4n) is 3.76. The molecule has 0 aliphatic carbocycles. The molecular weight excluding hydrogens is 314 g/mol. The van der Waals surface area contributed by atoms with Gasteiger partial charge < -0.3 is 9.72 Å². The van der Waals surface area contributed by atoms with Gasteiger partial charge in [0.1, 0.15) is 0 Å². The molecule has 4 rings (SSSR count). The molecule has 0 fully saturated rings. The number of fused-ring (bicyclic) bond motifs is 3. The quantitative estimate of drug-likeness (QED) is 0.593. The zero-order valence-corrected chi connectivity index (χ0v) is 15.1. The van der Waals surface area contributed by atoms with E-state index in [1.54, 1.807) is 11.8 Å². The lowest BCUT2D eigenvalue weighted by Gasteiger charge is -2.23. The fourth-order valence-corrected chi connectivity index (χ4v) is 4.17. The molecule has 1 aromatic heterocycles. The summed E-state index contributed by atoms with van der Waals surface area (Å²) in [7, 11) is 0. The van der Waals surface area contributed by atoms with Gasteiger partial charge in [0, 0.05) is 21.5 Å². The van der Waals surface area contributed by atoms with Crippen molar-refractivity contribution < 1.29 is 4.74 Å². The van der Waals surface area contributed by atoms with Crippen molar-refractivity contribution in [3.63, 3.8) is 0 Å². The molecule has 0 saturated carbocycles. The zero-order valence-electron chi connectivity index (χ0n) is 14.3. The normalized spacial score (nSPS) is 17.2. The highest BCUT2D eigenvalue weighted by Gasteiger charge is 2.25. The lowest BCUT2D eigenvalue weighted by Crippen LogP contribution is -2.15. The molecule has 1 aliphatic rings. The average Bonchev–Trinajstić information content (AvgIpc) is 3.02. The number of nitrogens with one attached hydrogen (secondary N) is 1. The van der Waals surface area contributed by atoms with E-state index in [9.17, 15) is 0 Å². The number of thioether (sulfide) groups is 1. The minimum absolute atomic E-state index is 0.220. The summed E-state index contributed by atoms with van der Waals surface area (Å²) in [6, 6.07) is 15.5. The van der Waals surface area contributed by atoms with Crippen LogP contribution in [0.4, 0.5) is 0 Å². The SMILES string of the molecule is CCCC1OCCc2c1[nH]c1cccc(-c3ccc(SC)cc3)c21. The summed E-state index contributed by atoms with van der Waals surface area (Å²) in [5.41, 5.74) is 6.61. The summed E-state index contributed by atoms with van der Waals surface area (Å²) in [6.07, 6.45) is 5.56. The third kappa shape index (κ3) is 2.66. The summed E-state index contributed by atoms with van der Waals surface area (Å²) in [4.78, 5) is 4.96. The Labute approximate surface area is 147 Å². The van der Waals surface area contributed by atoms with Crippen LogP contribution >= 0.6 is 11.8 Å². The first-order valence-electron chi connectivity index (χ1n) is 8.71. The largest absolute Gasteiger partial charge is 0.372 e. The van der Waals surface area contributed by atoms with E-state index in [1.807, 2.05) is 0 Å². The van der Waals surface area contributed by atoms with Crippen LogP contribution in [-0.2, 0) is 11.2 Å². The van der Waals surface area contributed by atoms with E-state index in [4.69, 9.17) is 4.74 Å². The molecule has 0 amide bonds. The van der Waals surface area contributed by atoms with Crippen LogP contribution in [0, 0.1) is 0 Å². The maximum Gasteiger partial charge on any atom is 0.0975 e. The second-order valence-corrected chi connectivity index (χ2v) is 7.25. The van der Waals surface area contributed by atoms with Gasteiger partial charge in [0.25, 0.3) is 0 Å². The summed E-state index contributed by atoms with van der Waals surface area (Å²) < 4.78 is 6.02.